The van der Waals surface area contributed by atoms with Crippen LogP contribution in [0.2, 0.25) is 0 Å². The third-order valence-corrected chi connectivity index (χ3v) is 3.26. The third kappa shape index (κ3) is 4.45. The Morgan fingerprint density at radius 2 is 1.52 bits per heavy atom. The van der Waals surface area contributed by atoms with Gasteiger partial charge in [-0.1, -0.05) is 18.2 Å². The molecule has 0 aliphatic heterocycles. The molecule has 2 rings (SSSR count). The van der Waals surface area contributed by atoms with Crippen LogP contribution in [0.3, 0.4) is 0 Å². The van der Waals surface area contributed by atoms with E-state index in [1.807, 2.05) is 25.1 Å². The zero-order valence-corrected chi connectivity index (χ0v) is 13.4. The molecule has 0 aromatic heterocycles. The van der Waals surface area contributed by atoms with Crippen molar-refractivity contribution in [3.63, 3.8) is 0 Å². The van der Waals surface area contributed by atoms with Crippen LogP contribution in [0.15, 0.2) is 59.8 Å². The second kappa shape index (κ2) is 7.97. The number of allylic oxidation sites excluding steroid dienone is 2. The van der Waals surface area contributed by atoms with E-state index in [2.05, 4.69) is 10.6 Å². The van der Waals surface area contributed by atoms with Crippen molar-refractivity contribution in [1.29, 1.82) is 15.8 Å². The Balaban J connectivity index is 2.23. The predicted molar refractivity (Wildman–Crippen MR) is 93.1 cm³/mol. The Morgan fingerprint density at radius 1 is 0.880 bits per heavy atom. The molecule has 2 aromatic carbocycles. The normalized spacial score (nSPS) is 9.04. The van der Waals surface area contributed by atoms with E-state index in [9.17, 15) is 4.79 Å². The zero-order chi connectivity index (χ0) is 18.2. The van der Waals surface area contributed by atoms with Gasteiger partial charge in [-0.2, -0.15) is 15.8 Å². The standard InChI is InChI=1S/C19H13N5O/c1-13-4-2-6-16(8-13)24-19(25)14-5-3-7-17(9-14)23-18(12-22)15(10-20)11-21/h2-9,23H,1H3,(H,24,25). The number of nitrogens with one attached hydrogen (secondary N) is 2. The van der Waals surface area contributed by atoms with Crippen molar-refractivity contribution in [3.8, 4) is 18.2 Å². The molecule has 0 atom stereocenters. The van der Waals surface area contributed by atoms with Gasteiger partial charge in [0.25, 0.3) is 5.91 Å². The molecule has 0 saturated carbocycles. The van der Waals surface area contributed by atoms with Crippen LogP contribution in [0.5, 0.6) is 0 Å². The van der Waals surface area contributed by atoms with Crippen LogP contribution >= 0.6 is 0 Å². The maximum absolute atomic E-state index is 12.4. The molecule has 0 heterocycles. The Morgan fingerprint density at radius 3 is 2.12 bits per heavy atom. The first kappa shape index (κ1) is 17.3. The first-order valence-electron chi connectivity index (χ1n) is 7.27. The summed E-state index contributed by atoms with van der Waals surface area (Å²) in [6.07, 6.45) is 0. The fourth-order valence-electron chi connectivity index (χ4n) is 2.09. The van der Waals surface area contributed by atoms with Crippen molar-refractivity contribution in [2.45, 2.75) is 6.92 Å². The summed E-state index contributed by atoms with van der Waals surface area (Å²) in [7, 11) is 0. The molecule has 6 nitrogen and oxygen atoms in total. The van der Waals surface area contributed by atoms with Gasteiger partial charge in [-0.05, 0) is 42.8 Å². The van der Waals surface area contributed by atoms with E-state index in [-0.39, 0.29) is 17.2 Å². The number of anilines is 2. The number of benzene rings is 2. The molecule has 6 heteroatoms. The van der Waals surface area contributed by atoms with Crippen LogP contribution in [0.1, 0.15) is 15.9 Å². The Hall–Kier alpha value is -4.08. The van der Waals surface area contributed by atoms with E-state index in [4.69, 9.17) is 15.8 Å². The molecule has 120 valence electrons. The van der Waals surface area contributed by atoms with Gasteiger partial charge in [0.2, 0.25) is 0 Å². The second-order valence-corrected chi connectivity index (χ2v) is 5.11. The van der Waals surface area contributed by atoms with E-state index < -0.39 is 0 Å². The molecule has 1 amide bonds. The summed E-state index contributed by atoms with van der Waals surface area (Å²) in [5, 5.41) is 32.2. The Bertz CT molecular complexity index is 954. The van der Waals surface area contributed by atoms with Crippen LogP contribution in [-0.4, -0.2) is 5.91 Å². The highest BCUT2D eigenvalue weighted by atomic mass is 16.1. The van der Waals surface area contributed by atoms with Gasteiger partial charge in [0.1, 0.15) is 23.9 Å². The van der Waals surface area contributed by atoms with E-state index >= 15 is 0 Å². The number of hydrogen-bond donors (Lipinski definition) is 2. The number of rotatable bonds is 4. The first-order valence-corrected chi connectivity index (χ1v) is 7.27. The number of carbonyl (C=O) groups is 1. The average Bonchev–Trinajstić information content (AvgIpc) is 2.62. The van der Waals surface area contributed by atoms with Gasteiger partial charge in [-0.15, -0.1) is 0 Å². The molecule has 0 aliphatic rings. The highest BCUT2D eigenvalue weighted by Gasteiger charge is 2.10. The summed E-state index contributed by atoms with van der Waals surface area (Å²) in [5.74, 6) is -0.308. The van der Waals surface area contributed by atoms with Crippen LogP contribution in [0.4, 0.5) is 11.4 Å². The van der Waals surface area contributed by atoms with Gasteiger partial charge in [-0.25, -0.2) is 0 Å². The van der Waals surface area contributed by atoms with Gasteiger partial charge in [-0.3, -0.25) is 4.79 Å². The molecular weight excluding hydrogens is 314 g/mol. The highest BCUT2D eigenvalue weighted by molar-refractivity contribution is 6.04. The van der Waals surface area contributed by atoms with E-state index in [1.54, 1.807) is 42.5 Å². The van der Waals surface area contributed by atoms with Gasteiger partial charge < -0.3 is 10.6 Å². The van der Waals surface area contributed by atoms with E-state index in [0.29, 0.717) is 16.9 Å². The van der Waals surface area contributed by atoms with Crippen LogP contribution in [-0.2, 0) is 0 Å². The fraction of sp³-hybridized carbons (Fsp3) is 0.0526. The number of nitrogens with zero attached hydrogens (tertiary/aromatic N) is 3. The van der Waals surface area contributed by atoms with Crippen molar-refractivity contribution in [2.24, 2.45) is 0 Å². The van der Waals surface area contributed by atoms with Crippen molar-refractivity contribution in [1.82, 2.24) is 0 Å². The minimum atomic E-state index is -0.322. The summed E-state index contributed by atoms with van der Waals surface area (Å²) < 4.78 is 0. The molecule has 0 saturated heterocycles. The number of hydrogen-bond acceptors (Lipinski definition) is 5. The highest BCUT2D eigenvalue weighted by Crippen LogP contribution is 2.17. The van der Waals surface area contributed by atoms with Crippen LogP contribution in [0.25, 0.3) is 0 Å². The number of amides is 1. The SMILES string of the molecule is Cc1cccc(NC(=O)c2cccc(NC(C#N)=C(C#N)C#N)c2)c1. The summed E-state index contributed by atoms with van der Waals surface area (Å²) in [6, 6.07) is 18.9. The number of nitriles is 3. The van der Waals surface area contributed by atoms with Gasteiger partial charge in [0.15, 0.2) is 5.57 Å². The van der Waals surface area contributed by atoms with E-state index in [0.717, 1.165) is 5.56 Å². The van der Waals surface area contributed by atoms with Crippen molar-refractivity contribution in [2.75, 3.05) is 10.6 Å². The topological polar surface area (TPSA) is 112 Å². The van der Waals surface area contributed by atoms with Crippen molar-refractivity contribution in [3.05, 3.63) is 70.9 Å². The predicted octanol–water partition coefficient (Wildman–Crippen LogP) is 3.48. The fourth-order valence-corrected chi connectivity index (χ4v) is 2.09. The van der Waals surface area contributed by atoms with Crippen LogP contribution in [0, 0.1) is 40.9 Å². The second-order valence-electron chi connectivity index (χ2n) is 5.11. The number of aryl methyl sites for hydroxylation is 1. The molecule has 0 fully saturated rings. The number of carbonyl (C=O) groups excluding carboxylic acids is 1. The average molecular weight is 327 g/mol. The summed E-state index contributed by atoms with van der Waals surface area (Å²) in [5.41, 5.74) is 2.02. The largest absolute Gasteiger partial charge is 0.345 e. The Labute approximate surface area is 145 Å². The third-order valence-electron chi connectivity index (χ3n) is 3.26. The van der Waals surface area contributed by atoms with Gasteiger partial charge in [0.05, 0.1) is 0 Å². The lowest BCUT2D eigenvalue weighted by atomic mass is 10.1. The minimum Gasteiger partial charge on any atom is -0.345 e. The summed E-state index contributed by atoms with van der Waals surface area (Å²) in [4.78, 5) is 12.4. The maximum atomic E-state index is 12.4. The molecular formula is C19H13N5O. The molecule has 2 aromatic rings. The zero-order valence-electron chi connectivity index (χ0n) is 13.4. The lowest BCUT2D eigenvalue weighted by Crippen LogP contribution is -2.12. The van der Waals surface area contributed by atoms with Crippen LogP contribution < -0.4 is 10.6 Å². The molecule has 0 bridgehead atoms. The lowest BCUT2D eigenvalue weighted by molar-refractivity contribution is 0.102. The quantitative estimate of drug-likeness (QED) is 0.835. The molecule has 0 unspecified atom stereocenters. The molecule has 0 spiro atoms. The maximum Gasteiger partial charge on any atom is 0.255 e. The van der Waals surface area contributed by atoms with Crippen molar-refractivity contribution < 1.29 is 4.79 Å². The molecule has 0 radical (unpaired) electrons. The molecule has 2 N–H and O–H groups in total. The Kier molecular flexibility index (Phi) is 5.50. The monoisotopic (exact) mass is 327 g/mol. The smallest absolute Gasteiger partial charge is 0.255 e. The van der Waals surface area contributed by atoms with Crippen molar-refractivity contribution >= 4 is 17.3 Å². The molecule has 25 heavy (non-hydrogen) atoms. The first-order chi connectivity index (χ1) is 12.1. The van der Waals surface area contributed by atoms with Gasteiger partial charge in [0, 0.05) is 16.9 Å². The summed E-state index contributed by atoms with van der Waals surface area (Å²) in [6.45, 7) is 1.93. The van der Waals surface area contributed by atoms with E-state index in [1.165, 1.54) is 6.07 Å². The minimum absolute atomic E-state index is 0.166. The van der Waals surface area contributed by atoms with Gasteiger partial charge >= 0.3 is 0 Å². The molecule has 0 aliphatic carbocycles. The lowest BCUT2D eigenvalue weighted by Gasteiger charge is -2.09. The summed E-state index contributed by atoms with van der Waals surface area (Å²) >= 11 is 0.